The molecule has 1 aromatic carbocycles. The molecule has 4 heteroatoms. The Morgan fingerprint density at radius 2 is 1.43 bits per heavy atom. The van der Waals surface area contributed by atoms with Gasteiger partial charge >= 0.3 is 0 Å². The molecule has 2 rings (SSSR count). The molecule has 2 N–H and O–H groups in total. The third kappa shape index (κ3) is 6.77. The summed E-state index contributed by atoms with van der Waals surface area (Å²) in [5.74, 6) is 0.555. The van der Waals surface area contributed by atoms with E-state index < -0.39 is 0 Å². The number of phenolic OH excluding ortho intramolecular Hbond substituents is 1. The minimum atomic E-state index is -0.196. The number of hydrogen-bond donors (Lipinski definition) is 2. The lowest BCUT2D eigenvalue weighted by atomic mass is 9.78. The number of hydrogen-bond acceptors (Lipinski definition) is 2. The number of rotatable bonds is 6. The second kappa shape index (κ2) is 10.1. The number of Topliss-reactive ketones (excluding diaryl/α,β-unsaturated/α-hetero) is 1. The summed E-state index contributed by atoms with van der Waals surface area (Å²) < 4.78 is 0. The van der Waals surface area contributed by atoms with Crippen LogP contribution >= 0.6 is 0 Å². The number of halogens is 1. The van der Waals surface area contributed by atoms with Crippen LogP contribution < -0.4 is 17.3 Å². The lowest BCUT2D eigenvalue weighted by Gasteiger charge is -2.28. The molecule has 0 saturated carbocycles. The minimum Gasteiger partial charge on any atom is -1.00 e. The van der Waals surface area contributed by atoms with E-state index in [0.29, 0.717) is 12.2 Å². The van der Waals surface area contributed by atoms with E-state index in [1.165, 1.54) is 38.9 Å². The third-order valence-electron chi connectivity index (χ3n) is 5.79. The fraction of sp³-hybridized carbons (Fsp3) is 0.708. The summed E-state index contributed by atoms with van der Waals surface area (Å²) >= 11 is 0. The van der Waals surface area contributed by atoms with Crippen molar-refractivity contribution in [3.63, 3.8) is 0 Å². The van der Waals surface area contributed by atoms with Crippen molar-refractivity contribution in [2.45, 2.75) is 90.9 Å². The predicted molar refractivity (Wildman–Crippen MR) is 113 cm³/mol. The zero-order chi connectivity index (χ0) is 20.2. The average molecular weight is 410 g/mol. The average Bonchev–Trinajstić information content (AvgIpc) is 2.57. The lowest BCUT2D eigenvalue weighted by molar-refractivity contribution is -0.905. The highest BCUT2D eigenvalue weighted by Gasteiger charge is 2.27. The Hall–Kier alpha value is -1.06. The number of likely N-dealkylation sites (tertiary alicyclic amines) is 1. The van der Waals surface area contributed by atoms with Gasteiger partial charge in [-0.05, 0) is 55.1 Å². The van der Waals surface area contributed by atoms with Crippen LogP contribution in [0.3, 0.4) is 0 Å². The normalized spacial score (nSPS) is 15.9. The van der Waals surface area contributed by atoms with Crippen LogP contribution in [-0.4, -0.2) is 30.5 Å². The van der Waals surface area contributed by atoms with E-state index in [2.05, 4.69) is 41.5 Å². The van der Waals surface area contributed by atoms with E-state index in [0.717, 1.165) is 29.5 Å². The van der Waals surface area contributed by atoms with Crippen LogP contribution in [-0.2, 0) is 10.8 Å². The molecule has 0 radical (unpaired) electrons. The Balaban J connectivity index is 0.00000392. The Morgan fingerprint density at radius 3 is 1.89 bits per heavy atom. The number of nitrogens with one attached hydrogen (secondary N) is 1. The monoisotopic (exact) mass is 409 g/mol. The molecule has 0 aromatic heterocycles. The molecule has 0 bridgehead atoms. The summed E-state index contributed by atoms with van der Waals surface area (Å²) in [6, 6.07) is 3.84. The largest absolute Gasteiger partial charge is 1.00 e. The number of carbonyl (C=O) groups is 1. The molecule has 0 amide bonds. The van der Waals surface area contributed by atoms with Gasteiger partial charge < -0.3 is 22.4 Å². The summed E-state index contributed by atoms with van der Waals surface area (Å²) in [5.41, 5.74) is 2.11. The van der Waals surface area contributed by atoms with Crippen molar-refractivity contribution >= 4 is 5.78 Å². The summed E-state index contributed by atoms with van der Waals surface area (Å²) in [6.07, 6.45) is 6.77. The van der Waals surface area contributed by atoms with Crippen LogP contribution in [0.2, 0.25) is 0 Å². The van der Waals surface area contributed by atoms with Gasteiger partial charge in [-0.15, -0.1) is 0 Å². The first kappa shape index (κ1) is 25.0. The van der Waals surface area contributed by atoms with Gasteiger partial charge in [-0.3, -0.25) is 4.79 Å². The fourth-order valence-corrected chi connectivity index (χ4v) is 4.05. The second-order valence-corrected chi connectivity index (χ2v) is 10.4. The summed E-state index contributed by atoms with van der Waals surface area (Å²) in [7, 11) is 0. The molecule has 0 spiro atoms. The van der Waals surface area contributed by atoms with Gasteiger partial charge in [0.05, 0.1) is 19.6 Å². The molecule has 0 atom stereocenters. The van der Waals surface area contributed by atoms with Crippen LogP contribution in [0.25, 0.3) is 0 Å². The topological polar surface area (TPSA) is 41.7 Å². The molecular weight excluding hydrogens is 370 g/mol. The van der Waals surface area contributed by atoms with E-state index in [4.69, 9.17) is 0 Å². The van der Waals surface area contributed by atoms with Crippen molar-refractivity contribution < 1.29 is 27.2 Å². The Kier molecular flexibility index (Phi) is 9.02. The number of phenols is 1. The van der Waals surface area contributed by atoms with Crippen molar-refractivity contribution in [2.24, 2.45) is 0 Å². The van der Waals surface area contributed by atoms with Crippen LogP contribution in [0.1, 0.15) is 102 Å². The first-order chi connectivity index (χ1) is 12.5. The highest BCUT2D eigenvalue weighted by molar-refractivity contribution is 5.96. The standard InChI is InChI=1S/C24H39NO2.ClH/c1-23(2,3)19-16-18(17-20(22(19)27)24(4,5)6)21(26)12-8-11-15-25-13-9-7-10-14-25;/h16-17,27H,7-15H2,1-6H3;1H. The van der Waals surface area contributed by atoms with E-state index >= 15 is 0 Å². The SMILES string of the molecule is CC(C)(C)c1cc(C(=O)CCCC[NH+]2CCCCC2)cc(C(C)(C)C)c1O.[Cl-]. The van der Waals surface area contributed by atoms with E-state index in [1.54, 1.807) is 4.90 Å². The molecule has 1 heterocycles. The summed E-state index contributed by atoms with van der Waals surface area (Å²) in [4.78, 5) is 14.6. The predicted octanol–water partition coefficient (Wildman–Crippen LogP) is 1.41. The van der Waals surface area contributed by atoms with Crippen LogP contribution in [0, 0.1) is 0 Å². The maximum Gasteiger partial charge on any atom is 0.162 e. The zero-order valence-electron chi connectivity index (χ0n) is 18.8. The highest BCUT2D eigenvalue weighted by atomic mass is 35.5. The summed E-state index contributed by atoms with van der Waals surface area (Å²) in [5, 5.41) is 10.8. The zero-order valence-corrected chi connectivity index (χ0v) is 19.5. The molecule has 3 nitrogen and oxygen atoms in total. The number of quaternary nitrogens is 1. The van der Waals surface area contributed by atoms with Gasteiger partial charge in [-0.2, -0.15) is 0 Å². The van der Waals surface area contributed by atoms with E-state index in [-0.39, 0.29) is 29.0 Å². The Morgan fingerprint density at radius 1 is 0.929 bits per heavy atom. The fourth-order valence-electron chi connectivity index (χ4n) is 4.05. The van der Waals surface area contributed by atoms with E-state index in [9.17, 15) is 9.90 Å². The molecule has 0 aliphatic carbocycles. The molecular formula is C24H40ClNO2. The maximum atomic E-state index is 12.9. The van der Waals surface area contributed by atoms with Crippen molar-refractivity contribution in [3.8, 4) is 5.75 Å². The minimum absolute atomic E-state index is 0. The van der Waals surface area contributed by atoms with Crippen molar-refractivity contribution in [2.75, 3.05) is 19.6 Å². The number of piperidine rings is 1. The van der Waals surface area contributed by atoms with Gasteiger partial charge in [-0.1, -0.05) is 41.5 Å². The Bertz CT molecular complexity index is 615. The molecule has 1 aliphatic heterocycles. The first-order valence-corrected chi connectivity index (χ1v) is 10.7. The molecule has 1 aliphatic rings. The second-order valence-electron chi connectivity index (χ2n) is 10.4. The number of aromatic hydroxyl groups is 1. The molecule has 1 saturated heterocycles. The Labute approximate surface area is 178 Å². The van der Waals surface area contributed by atoms with Crippen molar-refractivity contribution in [1.82, 2.24) is 0 Å². The number of ketones is 1. The van der Waals surface area contributed by atoms with Gasteiger partial charge in [0.15, 0.2) is 5.78 Å². The van der Waals surface area contributed by atoms with Gasteiger partial charge in [0, 0.05) is 23.1 Å². The molecule has 28 heavy (non-hydrogen) atoms. The van der Waals surface area contributed by atoms with Crippen molar-refractivity contribution in [1.29, 1.82) is 0 Å². The number of unbranched alkanes of at least 4 members (excludes halogenated alkanes) is 1. The lowest BCUT2D eigenvalue weighted by Crippen LogP contribution is -3.12. The molecule has 0 unspecified atom stereocenters. The van der Waals surface area contributed by atoms with Gasteiger partial charge in [0.1, 0.15) is 5.75 Å². The van der Waals surface area contributed by atoms with Gasteiger partial charge in [0.2, 0.25) is 0 Å². The number of carbonyl (C=O) groups excluding carboxylic acids is 1. The van der Waals surface area contributed by atoms with Crippen LogP contribution in [0.5, 0.6) is 5.75 Å². The smallest absolute Gasteiger partial charge is 0.162 e. The first-order valence-electron chi connectivity index (χ1n) is 10.7. The van der Waals surface area contributed by atoms with Crippen LogP contribution in [0.4, 0.5) is 0 Å². The highest BCUT2D eigenvalue weighted by Crippen LogP contribution is 2.40. The maximum absolute atomic E-state index is 12.9. The van der Waals surface area contributed by atoms with E-state index in [1.807, 2.05) is 12.1 Å². The van der Waals surface area contributed by atoms with Gasteiger partial charge in [0.25, 0.3) is 0 Å². The van der Waals surface area contributed by atoms with Crippen LogP contribution in [0.15, 0.2) is 12.1 Å². The van der Waals surface area contributed by atoms with Crippen molar-refractivity contribution in [3.05, 3.63) is 28.8 Å². The van der Waals surface area contributed by atoms with Gasteiger partial charge in [-0.25, -0.2) is 0 Å². The summed E-state index contributed by atoms with van der Waals surface area (Å²) in [6.45, 7) is 16.3. The molecule has 1 aromatic rings. The molecule has 160 valence electrons. The third-order valence-corrected chi connectivity index (χ3v) is 5.79. The quantitative estimate of drug-likeness (QED) is 0.551. The molecule has 1 fully saturated rings. The number of benzene rings is 1.